The van der Waals surface area contributed by atoms with Crippen molar-refractivity contribution >= 4 is 18.1 Å². The maximum atomic E-state index is 12.9. The molecule has 1 aromatic carbocycles. The zero-order valence-electron chi connectivity index (χ0n) is 8.69. The number of nitrogens with two attached hydrogens (primary N) is 1. The van der Waals surface area contributed by atoms with Crippen LogP contribution in [0.1, 0.15) is 12.0 Å². The molecule has 0 bridgehead atoms. The van der Waals surface area contributed by atoms with Gasteiger partial charge in [-0.1, -0.05) is 0 Å². The SMILES string of the molecule is Cl.N#Cc1cc(F)ccc1N1CC[C@H](N)C1. The van der Waals surface area contributed by atoms with E-state index in [1.54, 1.807) is 6.07 Å². The molecule has 1 heterocycles. The molecule has 2 N–H and O–H groups in total. The van der Waals surface area contributed by atoms with Gasteiger partial charge in [0.2, 0.25) is 0 Å². The van der Waals surface area contributed by atoms with Gasteiger partial charge >= 0.3 is 0 Å². The van der Waals surface area contributed by atoms with Crippen LogP contribution in [0.4, 0.5) is 10.1 Å². The number of benzene rings is 1. The molecule has 1 aliphatic heterocycles. The molecule has 0 saturated carbocycles. The Hall–Kier alpha value is -1.31. The van der Waals surface area contributed by atoms with E-state index in [-0.39, 0.29) is 24.3 Å². The van der Waals surface area contributed by atoms with Crippen molar-refractivity contribution in [3.8, 4) is 6.07 Å². The van der Waals surface area contributed by atoms with Gasteiger partial charge in [-0.2, -0.15) is 5.26 Å². The molecule has 0 aromatic heterocycles. The highest BCUT2D eigenvalue weighted by molar-refractivity contribution is 5.85. The first kappa shape index (κ1) is 12.8. The highest BCUT2D eigenvalue weighted by Crippen LogP contribution is 2.24. The Morgan fingerprint density at radius 1 is 1.50 bits per heavy atom. The quantitative estimate of drug-likeness (QED) is 0.814. The van der Waals surface area contributed by atoms with Gasteiger partial charge in [0.05, 0.1) is 11.3 Å². The second kappa shape index (κ2) is 5.15. The average Bonchev–Trinajstić information content (AvgIpc) is 2.64. The number of nitrogens with zero attached hydrogens (tertiary/aromatic N) is 2. The average molecular weight is 242 g/mol. The number of hydrogen-bond acceptors (Lipinski definition) is 3. The Kier molecular flexibility index (Phi) is 4.11. The normalized spacial score (nSPS) is 19.1. The number of halogens is 2. The van der Waals surface area contributed by atoms with Crippen molar-refractivity contribution in [2.24, 2.45) is 5.73 Å². The molecular weight excluding hydrogens is 229 g/mol. The third-order valence-corrected chi connectivity index (χ3v) is 2.64. The van der Waals surface area contributed by atoms with E-state index in [0.717, 1.165) is 25.2 Å². The summed E-state index contributed by atoms with van der Waals surface area (Å²) in [6, 6.07) is 6.44. The summed E-state index contributed by atoms with van der Waals surface area (Å²) in [6.07, 6.45) is 0.919. The first-order valence-corrected chi connectivity index (χ1v) is 4.91. The van der Waals surface area contributed by atoms with Crippen LogP contribution in [0.2, 0.25) is 0 Å². The first-order valence-electron chi connectivity index (χ1n) is 4.91. The number of nitriles is 1. The van der Waals surface area contributed by atoms with Crippen molar-refractivity contribution in [3.63, 3.8) is 0 Å². The second-order valence-corrected chi connectivity index (χ2v) is 3.77. The fourth-order valence-electron chi connectivity index (χ4n) is 1.88. The fourth-order valence-corrected chi connectivity index (χ4v) is 1.88. The van der Waals surface area contributed by atoms with E-state index in [9.17, 15) is 4.39 Å². The van der Waals surface area contributed by atoms with Gasteiger partial charge < -0.3 is 10.6 Å². The minimum atomic E-state index is -0.376. The molecule has 0 unspecified atom stereocenters. The van der Waals surface area contributed by atoms with Crippen molar-refractivity contribution < 1.29 is 4.39 Å². The Bertz CT molecular complexity index is 416. The van der Waals surface area contributed by atoms with Crippen LogP contribution in [0, 0.1) is 17.1 Å². The van der Waals surface area contributed by atoms with Crippen LogP contribution in [0.15, 0.2) is 18.2 Å². The van der Waals surface area contributed by atoms with Gasteiger partial charge in [0.25, 0.3) is 0 Å². The zero-order valence-corrected chi connectivity index (χ0v) is 9.51. The summed E-state index contributed by atoms with van der Waals surface area (Å²) in [5.74, 6) is -0.376. The van der Waals surface area contributed by atoms with Crippen LogP contribution in [-0.4, -0.2) is 19.1 Å². The van der Waals surface area contributed by atoms with Crippen LogP contribution >= 0.6 is 12.4 Å². The fraction of sp³-hybridized carbons (Fsp3) is 0.364. The number of anilines is 1. The van der Waals surface area contributed by atoms with Crippen molar-refractivity contribution in [1.82, 2.24) is 0 Å². The molecule has 5 heteroatoms. The highest BCUT2D eigenvalue weighted by Gasteiger charge is 2.21. The predicted molar refractivity (Wildman–Crippen MR) is 63.2 cm³/mol. The lowest BCUT2D eigenvalue weighted by Crippen LogP contribution is -2.26. The lowest BCUT2D eigenvalue weighted by Gasteiger charge is -2.19. The molecule has 0 aliphatic carbocycles. The summed E-state index contributed by atoms with van der Waals surface area (Å²) < 4.78 is 12.9. The minimum absolute atomic E-state index is 0. The van der Waals surface area contributed by atoms with Crippen molar-refractivity contribution in [3.05, 3.63) is 29.6 Å². The maximum Gasteiger partial charge on any atom is 0.124 e. The molecule has 3 nitrogen and oxygen atoms in total. The molecule has 86 valence electrons. The van der Waals surface area contributed by atoms with Crippen LogP contribution in [0.25, 0.3) is 0 Å². The van der Waals surface area contributed by atoms with Crippen molar-refractivity contribution in [2.75, 3.05) is 18.0 Å². The molecule has 1 saturated heterocycles. The molecule has 0 spiro atoms. The van der Waals surface area contributed by atoms with E-state index < -0.39 is 0 Å². The molecule has 1 atom stereocenters. The van der Waals surface area contributed by atoms with E-state index in [0.29, 0.717) is 5.56 Å². The molecular formula is C11H13ClFN3. The summed E-state index contributed by atoms with van der Waals surface area (Å²) in [5, 5.41) is 8.89. The summed E-state index contributed by atoms with van der Waals surface area (Å²) in [4.78, 5) is 2.03. The first-order chi connectivity index (χ1) is 7.20. The zero-order chi connectivity index (χ0) is 10.8. The largest absolute Gasteiger partial charge is 0.369 e. The van der Waals surface area contributed by atoms with Gasteiger partial charge in [0, 0.05) is 19.1 Å². The monoisotopic (exact) mass is 241 g/mol. The Labute approximate surface area is 100 Å². The van der Waals surface area contributed by atoms with Gasteiger partial charge in [-0.3, -0.25) is 0 Å². The van der Waals surface area contributed by atoms with Crippen LogP contribution in [0.5, 0.6) is 0 Å². The second-order valence-electron chi connectivity index (χ2n) is 3.77. The lowest BCUT2D eigenvalue weighted by atomic mass is 10.1. The summed E-state index contributed by atoms with van der Waals surface area (Å²) >= 11 is 0. The Morgan fingerprint density at radius 2 is 2.25 bits per heavy atom. The van der Waals surface area contributed by atoms with Crippen LogP contribution in [-0.2, 0) is 0 Å². The predicted octanol–water partition coefficient (Wildman–Crippen LogP) is 1.66. The molecule has 0 radical (unpaired) electrons. The summed E-state index contributed by atoms with van der Waals surface area (Å²) in [7, 11) is 0. The summed E-state index contributed by atoms with van der Waals surface area (Å²) in [6.45, 7) is 1.57. The molecule has 2 rings (SSSR count). The van der Waals surface area contributed by atoms with Crippen molar-refractivity contribution in [1.29, 1.82) is 5.26 Å². The van der Waals surface area contributed by atoms with E-state index >= 15 is 0 Å². The van der Waals surface area contributed by atoms with Crippen LogP contribution < -0.4 is 10.6 Å². The minimum Gasteiger partial charge on any atom is -0.369 e. The van der Waals surface area contributed by atoms with Gasteiger partial charge in [0.15, 0.2) is 0 Å². The van der Waals surface area contributed by atoms with Gasteiger partial charge in [-0.05, 0) is 24.6 Å². The number of hydrogen-bond donors (Lipinski definition) is 1. The van der Waals surface area contributed by atoms with E-state index in [2.05, 4.69) is 0 Å². The van der Waals surface area contributed by atoms with Gasteiger partial charge in [-0.25, -0.2) is 4.39 Å². The maximum absolute atomic E-state index is 12.9. The van der Waals surface area contributed by atoms with E-state index in [1.165, 1.54) is 12.1 Å². The van der Waals surface area contributed by atoms with E-state index in [1.807, 2.05) is 11.0 Å². The third kappa shape index (κ3) is 2.43. The molecule has 1 fully saturated rings. The smallest absolute Gasteiger partial charge is 0.124 e. The molecule has 1 aliphatic rings. The summed E-state index contributed by atoms with van der Waals surface area (Å²) in [5.41, 5.74) is 6.95. The number of rotatable bonds is 1. The Morgan fingerprint density at radius 3 is 2.81 bits per heavy atom. The van der Waals surface area contributed by atoms with Gasteiger partial charge in [0.1, 0.15) is 11.9 Å². The topological polar surface area (TPSA) is 53.0 Å². The standard InChI is InChI=1S/C11H12FN3.ClH/c12-9-1-2-11(8(5-9)6-13)15-4-3-10(14)7-15;/h1-2,5,10H,3-4,7,14H2;1H/t10-;/m0./s1. The van der Waals surface area contributed by atoms with Crippen LogP contribution in [0.3, 0.4) is 0 Å². The molecule has 1 aromatic rings. The van der Waals surface area contributed by atoms with Crippen molar-refractivity contribution in [2.45, 2.75) is 12.5 Å². The third-order valence-electron chi connectivity index (χ3n) is 2.64. The highest BCUT2D eigenvalue weighted by atomic mass is 35.5. The van der Waals surface area contributed by atoms with Gasteiger partial charge in [-0.15, -0.1) is 12.4 Å². The molecule has 0 amide bonds. The lowest BCUT2D eigenvalue weighted by molar-refractivity contribution is 0.627. The van der Waals surface area contributed by atoms with E-state index in [4.69, 9.17) is 11.0 Å². The Balaban J connectivity index is 0.00000128. The molecule has 16 heavy (non-hydrogen) atoms.